The maximum atomic E-state index is 3.54. The first-order valence-electron chi connectivity index (χ1n) is 6.17. The van der Waals surface area contributed by atoms with Crippen LogP contribution in [0.5, 0.6) is 0 Å². The van der Waals surface area contributed by atoms with Gasteiger partial charge in [-0.05, 0) is 44.4 Å². The van der Waals surface area contributed by atoms with E-state index in [1.54, 1.807) is 0 Å². The van der Waals surface area contributed by atoms with Gasteiger partial charge in [-0.3, -0.25) is 4.90 Å². The van der Waals surface area contributed by atoms with Crippen LogP contribution in [-0.4, -0.2) is 17.0 Å². The quantitative estimate of drug-likeness (QED) is 0.785. The second kappa shape index (κ2) is 5.33. The van der Waals surface area contributed by atoms with Crippen LogP contribution in [0.4, 0.5) is 0 Å². The summed E-state index contributed by atoms with van der Waals surface area (Å²) in [6.07, 6.45) is 4.08. The summed E-state index contributed by atoms with van der Waals surface area (Å²) in [6, 6.07) is 10.1. The number of likely N-dealkylation sites (tertiary alicyclic amines) is 1. The van der Waals surface area contributed by atoms with E-state index in [2.05, 4.69) is 58.9 Å². The SMILES string of the molecule is C[C@@H]1CCC[C@H](C)N1Cc1cccc(Br)c1. The zero-order chi connectivity index (χ0) is 11.5. The lowest BCUT2D eigenvalue weighted by atomic mass is 9.97. The maximum absolute atomic E-state index is 3.54. The van der Waals surface area contributed by atoms with Gasteiger partial charge in [-0.15, -0.1) is 0 Å². The van der Waals surface area contributed by atoms with Crippen LogP contribution >= 0.6 is 15.9 Å². The minimum absolute atomic E-state index is 0.725. The molecule has 2 rings (SSSR count). The van der Waals surface area contributed by atoms with E-state index in [0.29, 0.717) is 0 Å². The van der Waals surface area contributed by atoms with Crippen LogP contribution in [0.1, 0.15) is 38.7 Å². The van der Waals surface area contributed by atoms with E-state index < -0.39 is 0 Å². The van der Waals surface area contributed by atoms with Crippen LogP contribution in [0, 0.1) is 0 Å². The molecule has 1 aromatic rings. The fourth-order valence-electron chi connectivity index (χ4n) is 2.63. The Morgan fingerprint density at radius 3 is 2.56 bits per heavy atom. The average Bonchev–Trinajstić information content (AvgIpc) is 2.24. The van der Waals surface area contributed by atoms with E-state index >= 15 is 0 Å². The normalized spacial score (nSPS) is 26.9. The molecule has 0 radical (unpaired) electrons. The number of piperidine rings is 1. The summed E-state index contributed by atoms with van der Waals surface area (Å²) in [7, 11) is 0. The molecule has 0 aromatic heterocycles. The largest absolute Gasteiger partial charge is 0.294 e. The van der Waals surface area contributed by atoms with Crippen molar-refractivity contribution in [1.29, 1.82) is 0 Å². The van der Waals surface area contributed by atoms with Crippen molar-refractivity contribution in [3.63, 3.8) is 0 Å². The van der Waals surface area contributed by atoms with Gasteiger partial charge >= 0.3 is 0 Å². The molecule has 1 aromatic carbocycles. The number of benzene rings is 1. The summed E-state index contributed by atoms with van der Waals surface area (Å²) >= 11 is 3.54. The van der Waals surface area contributed by atoms with Gasteiger partial charge in [0.25, 0.3) is 0 Å². The Balaban J connectivity index is 2.07. The molecule has 0 spiro atoms. The van der Waals surface area contributed by atoms with Crippen molar-refractivity contribution in [3.05, 3.63) is 34.3 Å². The minimum atomic E-state index is 0.725. The molecule has 1 heterocycles. The van der Waals surface area contributed by atoms with E-state index in [0.717, 1.165) is 18.6 Å². The number of hydrogen-bond acceptors (Lipinski definition) is 1. The molecule has 1 nitrogen and oxygen atoms in total. The Morgan fingerprint density at radius 1 is 1.25 bits per heavy atom. The van der Waals surface area contributed by atoms with Gasteiger partial charge in [-0.25, -0.2) is 0 Å². The molecule has 2 heteroatoms. The molecular weight excluding hydrogens is 262 g/mol. The minimum Gasteiger partial charge on any atom is -0.294 e. The summed E-state index contributed by atoms with van der Waals surface area (Å²) in [5.74, 6) is 0. The Labute approximate surface area is 107 Å². The van der Waals surface area contributed by atoms with Crippen molar-refractivity contribution >= 4 is 15.9 Å². The highest BCUT2D eigenvalue weighted by Crippen LogP contribution is 2.25. The molecule has 1 aliphatic rings. The van der Waals surface area contributed by atoms with Gasteiger partial charge in [0.05, 0.1) is 0 Å². The molecule has 1 fully saturated rings. The highest BCUT2D eigenvalue weighted by atomic mass is 79.9. The molecule has 1 saturated heterocycles. The van der Waals surface area contributed by atoms with Crippen LogP contribution < -0.4 is 0 Å². The van der Waals surface area contributed by atoms with E-state index in [1.807, 2.05) is 0 Å². The fraction of sp³-hybridized carbons (Fsp3) is 0.571. The molecule has 88 valence electrons. The first kappa shape index (κ1) is 12.1. The van der Waals surface area contributed by atoms with Crippen molar-refractivity contribution in [2.45, 2.75) is 51.7 Å². The molecule has 0 unspecified atom stereocenters. The highest BCUT2D eigenvalue weighted by molar-refractivity contribution is 9.10. The Morgan fingerprint density at radius 2 is 1.94 bits per heavy atom. The van der Waals surface area contributed by atoms with Gasteiger partial charge in [0.1, 0.15) is 0 Å². The number of rotatable bonds is 2. The topological polar surface area (TPSA) is 3.24 Å². The number of nitrogens with zero attached hydrogens (tertiary/aromatic N) is 1. The average molecular weight is 282 g/mol. The third-order valence-corrected chi connectivity index (χ3v) is 4.12. The highest BCUT2D eigenvalue weighted by Gasteiger charge is 2.24. The first-order valence-corrected chi connectivity index (χ1v) is 6.96. The molecule has 2 atom stereocenters. The Kier molecular flexibility index (Phi) is 4.04. The third-order valence-electron chi connectivity index (χ3n) is 3.63. The monoisotopic (exact) mass is 281 g/mol. The van der Waals surface area contributed by atoms with E-state index in [1.165, 1.54) is 29.3 Å². The van der Waals surface area contributed by atoms with Crippen molar-refractivity contribution in [2.24, 2.45) is 0 Å². The van der Waals surface area contributed by atoms with Gasteiger partial charge < -0.3 is 0 Å². The number of hydrogen-bond donors (Lipinski definition) is 0. The van der Waals surface area contributed by atoms with E-state index in [-0.39, 0.29) is 0 Å². The molecule has 0 saturated carbocycles. The second-order valence-electron chi connectivity index (χ2n) is 4.93. The Bertz CT molecular complexity index is 340. The standard InChI is InChI=1S/C14H20BrN/c1-11-5-3-6-12(2)16(11)10-13-7-4-8-14(15)9-13/h4,7-9,11-12H,3,5-6,10H2,1-2H3/t11-,12+. The lowest BCUT2D eigenvalue weighted by Gasteiger charge is -2.39. The summed E-state index contributed by atoms with van der Waals surface area (Å²) < 4.78 is 1.18. The van der Waals surface area contributed by atoms with E-state index in [9.17, 15) is 0 Å². The Hall–Kier alpha value is -0.340. The van der Waals surface area contributed by atoms with Crippen molar-refractivity contribution < 1.29 is 0 Å². The first-order chi connectivity index (χ1) is 7.66. The molecule has 0 N–H and O–H groups in total. The smallest absolute Gasteiger partial charge is 0.0239 e. The molecule has 0 bridgehead atoms. The number of halogens is 1. The summed E-state index contributed by atoms with van der Waals surface area (Å²) in [5.41, 5.74) is 1.41. The van der Waals surface area contributed by atoms with Gasteiger partial charge in [0, 0.05) is 23.1 Å². The lowest BCUT2D eigenvalue weighted by molar-refractivity contribution is 0.0952. The van der Waals surface area contributed by atoms with Crippen LogP contribution in [0.2, 0.25) is 0 Å². The summed E-state index contributed by atoms with van der Waals surface area (Å²) in [5, 5.41) is 0. The van der Waals surface area contributed by atoms with Gasteiger partial charge in [-0.2, -0.15) is 0 Å². The zero-order valence-corrected chi connectivity index (χ0v) is 11.7. The summed E-state index contributed by atoms with van der Waals surface area (Å²) in [6.45, 7) is 5.79. The van der Waals surface area contributed by atoms with Crippen LogP contribution in [0.3, 0.4) is 0 Å². The molecule has 16 heavy (non-hydrogen) atoms. The van der Waals surface area contributed by atoms with Crippen molar-refractivity contribution in [1.82, 2.24) is 4.90 Å². The maximum Gasteiger partial charge on any atom is 0.0239 e. The molecule has 0 amide bonds. The molecule has 1 aliphatic heterocycles. The van der Waals surface area contributed by atoms with E-state index in [4.69, 9.17) is 0 Å². The van der Waals surface area contributed by atoms with Crippen LogP contribution in [0.15, 0.2) is 28.7 Å². The second-order valence-corrected chi connectivity index (χ2v) is 5.85. The predicted octanol–water partition coefficient (Wildman–Crippen LogP) is 4.21. The zero-order valence-electron chi connectivity index (χ0n) is 10.1. The van der Waals surface area contributed by atoms with Gasteiger partial charge in [-0.1, -0.05) is 34.5 Å². The molecule has 0 aliphatic carbocycles. The van der Waals surface area contributed by atoms with Crippen LogP contribution in [-0.2, 0) is 6.54 Å². The van der Waals surface area contributed by atoms with Crippen molar-refractivity contribution in [2.75, 3.05) is 0 Å². The summed E-state index contributed by atoms with van der Waals surface area (Å²) in [4.78, 5) is 2.63. The lowest BCUT2D eigenvalue weighted by Crippen LogP contribution is -2.42. The van der Waals surface area contributed by atoms with Gasteiger partial charge in [0.2, 0.25) is 0 Å². The van der Waals surface area contributed by atoms with Crippen molar-refractivity contribution in [3.8, 4) is 0 Å². The molecular formula is C14H20BrN. The van der Waals surface area contributed by atoms with Gasteiger partial charge in [0.15, 0.2) is 0 Å². The fourth-order valence-corrected chi connectivity index (χ4v) is 3.08. The third kappa shape index (κ3) is 2.86. The van der Waals surface area contributed by atoms with Crippen LogP contribution in [0.25, 0.3) is 0 Å². The predicted molar refractivity (Wildman–Crippen MR) is 72.5 cm³/mol.